The molecule has 14 nitrogen and oxygen atoms in total. The van der Waals surface area contributed by atoms with Crippen LogP contribution in [0.4, 0.5) is 0 Å². The number of carboxylic acids is 3. The third-order valence-corrected chi connectivity index (χ3v) is 3.38. The molecule has 196 valence electrons. The summed E-state index contributed by atoms with van der Waals surface area (Å²) in [5, 5.41) is 90.1. The quantitative estimate of drug-likeness (QED) is 0.118. The fraction of sp³-hybridized carbons (Fsp3) is 0.800. The Balaban J connectivity index is -0.0000000976. The third-order valence-electron chi connectivity index (χ3n) is 2.57. The van der Waals surface area contributed by atoms with Gasteiger partial charge in [-0.05, 0) is 0 Å². The van der Waals surface area contributed by atoms with Crippen molar-refractivity contribution in [2.24, 2.45) is 5.41 Å². The van der Waals surface area contributed by atoms with Crippen LogP contribution >= 0.6 is 37.9 Å². The van der Waals surface area contributed by atoms with Gasteiger partial charge in [-0.1, -0.05) is 0 Å². The van der Waals surface area contributed by atoms with Crippen molar-refractivity contribution in [3.05, 3.63) is 0 Å². The second kappa shape index (κ2) is 30.1. The first kappa shape index (κ1) is 41.4. The number of aliphatic hydroxyl groups excluding tert-OH is 8. The van der Waals surface area contributed by atoms with E-state index in [0.717, 1.165) is 0 Å². The number of hydrogen-bond acceptors (Lipinski definition) is 14. The molecule has 0 rings (SSSR count). The topological polar surface area (TPSA) is 274 Å². The van der Waals surface area contributed by atoms with Gasteiger partial charge in [0.15, 0.2) is 0 Å². The summed E-state index contributed by atoms with van der Waals surface area (Å²) in [5.74, 6) is -2.89. The predicted octanol–water partition coefficient (Wildman–Crippen LogP) is -4.36. The summed E-state index contributed by atoms with van der Waals surface area (Å²) in [5.41, 5.74) is -1.11. The van der Waals surface area contributed by atoms with Crippen LogP contribution in [0.5, 0.6) is 0 Å². The van der Waals surface area contributed by atoms with Crippen molar-refractivity contribution in [1.82, 2.24) is 0 Å². The van der Waals surface area contributed by atoms with Crippen LogP contribution < -0.4 is 0 Å². The molecule has 32 heavy (non-hydrogen) atoms. The summed E-state index contributed by atoms with van der Waals surface area (Å²) in [6.07, 6.45) is -2.44. The van der Waals surface area contributed by atoms with Crippen molar-refractivity contribution < 1.29 is 70.6 Å². The van der Waals surface area contributed by atoms with Crippen molar-refractivity contribution in [2.45, 2.75) is 12.2 Å². The van der Waals surface area contributed by atoms with Gasteiger partial charge in [-0.15, -0.1) is 0 Å². The molecule has 0 saturated heterocycles. The van der Waals surface area contributed by atoms with Gasteiger partial charge in [0.2, 0.25) is 0 Å². The van der Waals surface area contributed by atoms with Gasteiger partial charge >= 0.3 is 17.9 Å². The van der Waals surface area contributed by atoms with Gasteiger partial charge in [-0.3, -0.25) is 14.4 Å². The Labute approximate surface area is 201 Å². The molecule has 0 aromatic heterocycles. The fourth-order valence-electron chi connectivity index (χ4n) is 0.543. The number of hydrogen-bond donors (Lipinski definition) is 14. The van der Waals surface area contributed by atoms with Crippen LogP contribution in [-0.4, -0.2) is 143 Å². The molecule has 0 aliphatic carbocycles. The summed E-state index contributed by atoms with van der Waals surface area (Å²) in [6, 6.07) is 0. The van der Waals surface area contributed by atoms with Gasteiger partial charge in [0.25, 0.3) is 0 Å². The fourth-order valence-corrected chi connectivity index (χ4v) is 0.543. The normalized spacial score (nSPS) is 11.3. The molecule has 2 unspecified atom stereocenters. The lowest BCUT2D eigenvalue weighted by atomic mass is 9.93. The van der Waals surface area contributed by atoms with E-state index in [9.17, 15) is 14.4 Å². The Morgan fingerprint density at radius 3 is 0.750 bits per heavy atom. The molecule has 0 aliphatic heterocycles. The second-order valence-corrected chi connectivity index (χ2v) is 6.24. The van der Waals surface area contributed by atoms with E-state index in [4.69, 9.17) is 56.2 Å². The molecule has 0 spiro atoms. The molecule has 0 heterocycles. The van der Waals surface area contributed by atoms with Gasteiger partial charge < -0.3 is 56.2 Å². The number of aliphatic carboxylic acids is 3. The molecule has 0 aromatic carbocycles. The maximum atomic E-state index is 9.29. The predicted molar refractivity (Wildman–Crippen MR) is 121 cm³/mol. The molecule has 0 aromatic rings. The average Bonchev–Trinajstić information content (AvgIpc) is 2.81. The first-order valence-corrected chi connectivity index (χ1v) is 10.2. The Bertz CT molecular complexity index is 379. The van der Waals surface area contributed by atoms with Crippen LogP contribution in [0, 0.1) is 5.41 Å². The van der Waals surface area contributed by atoms with Gasteiger partial charge in [-0.25, -0.2) is 0 Å². The molecule has 0 bridgehead atoms. The standard InChI is InChI=1S/C5H12O4.C4H10O4.3C2H4O2S/c6-1-5(2-7,3-8)4-9;5-1-3(7)4(8)2-6;3*3-2(4)1-5/h6-9H,1-4H2;3-8H,1-2H2;3*5H,1H2,(H,3,4). The van der Waals surface area contributed by atoms with Crippen molar-refractivity contribution in [1.29, 1.82) is 0 Å². The molecule has 0 saturated carbocycles. The monoisotopic (exact) mass is 534 g/mol. The Kier molecular flexibility index (Phi) is 39.0. The Morgan fingerprint density at radius 2 is 0.719 bits per heavy atom. The highest BCUT2D eigenvalue weighted by molar-refractivity contribution is 7.81. The smallest absolute Gasteiger partial charge is 0.313 e. The second-order valence-electron chi connectivity index (χ2n) is 5.29. The Hall–Kier alpha value is -0.860. The number of rotatable bonds is 10. The maximum absolute atomic E-state index is 9.29. The average molecular weight is 535 g/mol. The van der Waals surface area contributed by atoms with E-state index in [1.165, 1.54) is 0 Å². The molecule has 0 aliphatic rings. The van der Waals surface area contributed by atoms with Crippen LogP contribution in [-0.2, 0) is 14.4 Å². The number of thiol groups is 3. The van der Waals surface area contributed by atoms with E-state index in [-0.39, 0.29) is 17.3 Å². The van der Waals surface area contributed by atoms with Gasteiger partial charge in [0.1, 0.15) is 12.2 Å². The minimum atomic E-state index is -1.22. The van der Waals surface area contributed by atoms with Gasteiger partial charge in [-0.2, -0.15) is 37.9 Å². The molecule has 0 amide bonds. The van der Waals surface area contributed by atoms with Gasteiger partial charge in [0, 0.05) is 0 Å². The molecular formula is C15H34O14S3. The van der Waals surface area contributed by atoms with Crippen LogP contribution in [0.3, 0.4) is 0 Å². The molecule has 0 fully saturated rings. The lowest BCUT2D eigenvalue weighted by molar-refractivity contribution is -0.134. The van der Waals surface area contributed by atoms with Gasteiger partial charge in [0.05, 0.1) is 62.3 Å². The number of carbonyl (C=O) groups is 3. The van der Waals surface area contributed by atoms with Crippen molar-refractivity contribution in [3.8, 4) is 0 Å². The first-order valence-electron chi connectivity index (χ1n) is 8.27. The molecule has 11 N–H and O–H groups in total. The van der Waals surface area contributed by atoms with E-state index in [1.54, 1.807) is 0 Å². The summed E-state index contributed by atoms with van der Waals surface area (Å²) in [7, 11) is 0. The Morgan fingerprint density at radius 1 is 0.562 bits per heavy atom. The third kappa shape index (κ3) is 36.5. The summed E-state index contributed by atoms with van der Waals surface area (Å²) in [6.45, 7) is -2.68. The maximum Gasteiger partial charge on any atom is 0.313 e. The largest absolute Gasteiger partial charge is 0.481 e. The zero-order valence-electron chi connectivity index (χ0n) is 17.0. The lowest BCUT2D eigenvalue weighted by Gasteiger charge is -2.23. The van der Waals surface area contributed by atoms with E-state index in [0.29, 0.717) is 0 Å². The van der Waals surface area contributed by atoms with E-state index in [1.807, 2.05) is 0 Å². The first-order chi connectivity index (χ1) is 14.8. The van der Waals surface area contributed by atoms with Crippen LogP contribution in [0.2, 0.25) is 0 Å². The van der Waals surface area contributed by atoms with E-state index in [2.05, 4.69) is 37.9 Å². The molecule has 17 heteroatoms. The summed E-state index contributed by atoms with van der Waals surface area (Å²) < 4.78 is 0. The lowest BCUT2D eigenvalue weighted by Crippen LogP contribution is -2.37. The van der Waals surface area contributed by atoms with E-state index < -0.39 is 75.2 Å². The van der Waals surface area contributed by atoms with Crippen molar-refractivity contribution in [2.75, 3.05) is 56.9 Å². The highest BCUT2D eigenvalue weighted by Gasteiger charge is 2.26. The van der Waals surface area contributed by atoms with E-state index >= 15 is 0 Å². The highest BCUT2D eigenvalue weighted by Crippen LogP contribution is 2.11. The molecule has 0 radical (unpaired) electrons. The highest BCUT2D eigenvalue weighted by atomic mass is 32.1. The summed E-state index contributed by atoms with van der Waals surface area (Å²) in [4.78, 5) is 27.9. The SMILES string of the molecule is O=C(O)CS.O=C(O)CS.O=C(O)CS.OCC(CO)(CO)CO.OCC(O)C(O)CO. The van der Waals surface area contributed by atoms with Crippen LogP contribution in [0.1, 0.15) is 0 Å². The minimum absolute atomic E-state index is 0.0833. The summed E-state index contributed by atoms with van der Waals surface area (Å²) >= 11 is 10.2. The zero-order valence-corrected chi connectivity index (χ0v) is 19.7. The minimum Gasteiger partial charge on any atom is -0.481 e. The van der Waals surface area contributed by atoms with Crippen molar-refractivity contribution >= 4 is 55.8 Å². The molecule has 2 atom stereocenters. The van der Waals surface area contributed by atoms with Crippen LogP contribution in [0.25, 0.3) is 0 Å². The number of aliphatic hydroxyl groups is 8. The number of carboxylic acid groups (broad SMARTS) is 3. The zero-order chi connectivity index (χ0) is 26.8. The van der Waals surface area contributed by atoms with Crippen LogP contribution in [0.15, 0.2) is 0 Å². The molecular weight excluding hydrogens is 500 g/mol. The van der Waals surface area contributed by atoms with Crippen molar-refractivity contribution in [3.63, 3.8) is 0 Å².